The highest BCUT2D eigenvalue weighted by molar-refractivity contribution is 5.60. The highest BCUT2D eigenvalue weighted by Gasteiger charge is 2.13. The molecule has 0 unspecified atom stereocenters. The Hall–Kier alpha value is -2.50. The summed E-state index contributed by atoms with van der Waals surface area (Å²) in [5.41, 5.74) is 1.24. The minimum Gasteiger partial charge on any atom is -0.454 e. The quantitative estimate of drug-likeness (QED) is 0.839. The van der Waals surface area contributed by atoms with Crippen LogP contribution < -0.4 is 20.3 Å². The lowest BCUT2D eigenvalue weighted by Gasteiger charge is -2.06. The summed E-state index contributed by atoms with van der Waals surface area (Å²) >= 11 is 0. The van der Waals surface area contributed by atoms with Gasteiger partial charge in [0.05, 0.1) is 0 Å². The maximum absolute atomic E-state index is 11.3. The van der Waals surface area contributed by atoms with Gasteiger partial charge in [-0.05, 0) is 19.1 Å². The molecule has 0 saturated carbocycles. The third kappa shape index (κ3) is 2.00. The van der Waals surface area contributed by atoms with Crippen molar-refractivity contribution in [2.24, 2.45) is 0 Å². The molecular formula is C12H11N3O3. The van der Waals surface area contributed by atoms with E-state index >= 15 is 0 Å². The standard InChI is InChI=1S/C12H11N3O3/c1-7-4-11(16)15-12(13-7)14-8-2-3-9-10(5-8)18-6-17-9/h2-5H,6H2,1H3,(H2,13,14,15,16). The second kappa shape index (κ2) is 4.06. The minimum atomic E-state index is -0.189. The molecule has 0 atom stereocenters. The Morgan fingerprint density at radius 1 is 1.28 bits per heavy atom. The molecule has 0 saturated heterocycles. The van der Waals surface area contributed by atoms with Crippen LogP contribution in [-0.4, -0.2) is 16.8 Å². The van der Waals surface area contributed by atoms with Gasteiger partial charge in [0.1, 0.15) is 0 Å². The second-order valence-electron chi connectivity index (χ2n) is 3.93. The fourth-order valence-electron chi connectivity index (χ4n) is 1.75. The monoisotopic (exact) mass is 245 g/mol. The number of ether oxygens (including phenoxy) is 2. The summed E-state index contributed by atoms with van der Waals surface area (Å²) in [5.74, 6) is 1.79. The number of benzene rings is 1. The summed E-state index contributed by atoms with van der Waals surface area (Å²) in [6.45, 7) is 2.00. The Morgan fingerprint density at radius 3 is 2.94 bits per heavy atom. The van der Waals surface area contributed by atoms with E-state index in [1.165, 1.54) is 6.07 Å². The van der Waals surface area contributed by atoms with Gasteiger partial charge in [-0.15, -0.1) is 0 Å². The van der Waals surface area contributed by atoms with Gasteiger partial charge in [0.2, 0.25) is 12.7 Å². The summed E-state index contributed by atoms with van der Waals surface area (Å²) in [6, 6.07) is 6.86. The van der Waals surface area contributed by atoms with Crippen LogP contribution in [-0.2, 0) is 0 Å². The molecule has 0 bridgehead atoms. The molecule has 0 radical (unpaired) electrons. The van der Waals surface area contributed by atoms with Crippen molar-refractivity contribution in [3.63, 3.8) is 0 Å². The number of aromatic nitrogens is 2. The molecule has 1 aliphatic heterocycles. The molecule has 1 aromatic heterocycles. The highest BCUT2D eigenvalue weighted by Crippen LogP contribution is 2.34. The van der Waals surface area contributed by atoms with Crippen molar-refractivity contribution in [1.29, 1.82) is 0 Å². The first-order chi connectivity index (χ1) is 8.70. The summed E-state index contributed by atoms with van der Waals surface area (Å²) in [7, 11) is 0. The fraction of sp³-hybridized carbons (Fsp3) is 0.167. The van der Waals surface area contributed by atoms with Crippen LogP contribution in [0.1, 0.15) is 5.69 Å². The van der Waals surface area contributed by atoms with E-state index in [1.54, 1.807) is 19.1 Å². The molecule has 0 fully saturated rings. The molecule has 0 spiro atoms. The van der Waals surface area contributed by atoms with Gasteiger partial charge in [-0.2, -0.15) is 0 Å². The Kier molecular flexibility index (Phi) is 2.40. The zero-order valence-electron chi connectivity index (χ0n) is 9.69. The number of anilines is 2. The normalized spacial score (nSPS) is 12.5. The third-order valence-electron chi connectivity index (χ3n) is 2.51. The maximum atomic E-state index is 11.3. The number of rotatable bonds is 2. The largest absolute Gasteiger partial charge is 0.454 e. The van der Waals surface area contributed by atoms with Crippen LogP contribution >= 0.6 is 0 Å². The molecule has 0 aliphatic carbocycles. The van der Waals surface area contributed by atoms with Crippen LogP contribution in [0, 0.1) is 6.92 Å². The van der Waals surface area contributed by atoms with Crippen molar-refractivity contribution in [1.82, 2.24) is 9.97 Å². The van der Waals surface area contributed by atoms with Gasteiger partial charge in [0.25, 0.3) is 5.56 Å². The van der Waals surface area contributed by atoms with E-state index < -0.39 is 0 Å². The predicted molar refractivity (Wildman–Crippen MR) is 65.4 cm³/mol. The molecule has 3 rings (SSSR count). The molecule has 6 heteroatoms. The van der Waals surface area contributed by atoms with Crippen molar-refractivity contribution in [2.45, 2.75) is 6.92 Å². The number of H-pyrrole nitrogens is 1. The zero-order chi connectivity index (χ0) is 12.5. The number of aryl methyl sites for hydroxylation is 1. The molecule has 0 amide bonds. The SMILES string of the molecule is Cc1cc(=O)[nH]c(Nc2ccc3c(c2)OCO3)n1. The molecule has 6 nitrogen and oxygen atoms in total. The minimum absolute atomic E-state index is 0.189. The van der Waals surface area contributed by atoms with Crippen molar-refractivity contribution in [3.05, 3.63) is 40.3 Å². The predicted octanol–water partition coefficient (Wildman–Crippen LogP) is 1.55. The van der Waals surface area contributed by atoms with Gasteiger partial charge in [0, 0.05) is 23.5 Å². The van der Waals surface area contributed by atoms with Crippen molar-refractivity contribution in [2.75, 3.05) is 12.1 Å². The van der Waals surface area contributed by atoms with Crippen molar-refractivity contribution < 1.29 is 9.47 Å². The van der Waals surface area contributed by atoms with Crippen LogP contribution in [0.2, 0.25) is 0 Å². The number of aromatic amines is 1. The Morgan fingerprint density at radius 2 is 2.11 bits per heavy atom. The van der Waals surface area contributed by atoms with Crippen LogP contribution in [0.3, 0.4) is 0 Å². The molecule has 2 heterocycles. The molecule has 2 aromatic rings. The van der Waals surface area contributed by atoms with Crippen LogP contribution in [0.15, 0.2) is 29.1 Å². The molecule has 18 heavy (non-hydrogen) atoms. The summed E-state index contributed by atoms with van der Waals surface area (Å²) < 4.78 is 10.5. The first-order valence-electron chi connectivity index (χ1n) is 5.45. The Bertz CT molecular complexity index is 651. The van der Waals surface area contributed by atoms with Gasteiger partial charge in [0.15, 0.2) is 11.5 Å². The number of nitrogens with one attached hydrogen (secondary N) is 2. The summed E-state index contributed by atoms with van der Waals surface area (Å²) in [5, 5.41) is 3.01. The number of hydrogen-bond donors (Lipinski definition) is 2. The molecule has 1 aromatic carbocycles. The van der Waals surface area contributed by atoms with Gasteiger partial charge in [-0.3, -0.25) is 9.78 Å². The molecule has 1 aliphatic rings. The van der Waals surface area contributed by atoms with Gasteiger partial charge < -0.3 is 14.8 Å². The highest BCUT2D eigenvalue weighted by atomic mass is 16.7. The van der Waals surface area contributed by atoms with Crippen LogP contribution in [0.5, 0.6) is 11.5 Å². The first-order valence-corrected chi connectivity index (χ1v) is 5.45. The first kappa shape index (κ1) is 10.6. The zero-order valence-corrected chi connectivity index (χ0v) is 9.69. The second-order valence-corrected chi connectivity index (χ2v) is 3.93. The Balaban J connectivity index is 1.90. The number of fused-ring (bicyclic) bond motifs is 1. The summed E-state index contributed by atoms with van der Waals surface area (Å²) in [4.78, 5) is 18.1. The Labute approximate surface area is 103 Å². The third-order valence-corrected chi connectivity index (χ3v) is 2.51. The average Bonchev–Trinajstić information content (AvgIpc) is 2.74. The topological polar surface area (TPSA) is 76.2 Å². The number of hydrogen-bond acceptors (Lipinski definition) is 5. The van der Waals surface area contributed by atoms with Crippen LogP contribution in [0.4, 0.5) is 11.6 Å². The van der Waals surface area contributed by atoms with Gasteiger partial charge >= 0.3 is 0 Å². The van der Waals surface area contributed by atoms with Crippen LogP contribution in [0.25, 0.3) is 0 Å². The van der Waals surface area contributed by atoms with Gasteiger partial charge in [-0.25, -0.2) is 4.98 Å². The average molecular weight is 245 g/mol. The summed E-state index contributed by atoms with van der Waals surface area (Å²) in [6.07, 6.45) is 0. The lowest BCUT2D eigenvalue weighted by molar-refractivity contribution is 0.174. The molecular weight excluding hydrogens is 234 g/mol. The van der Waals surface area contributed by atoms with E-state index in [1.807, 2.05) is 6.07 Å². The van der Waals surface area contributed by atoms with E-state index in [0.29, 0.717) is 23.1 Å². The van der Waals surface area contributed by atoms with E-state index in [4.69, 9.17) is 9.47 Å². The number of nitrogens with zero attached hydrogens (tertiary/aromatic N) is 1. The smallest absolute Gasteiger partial charge is 0.252 e. The van der Waals surface area contributed by atoms with E-state index in [2.05, 4.69) is 15.3 Å². The van der Waals surface area contributed by atoms with E-state index in [-0.39, 0.29) is 12.4 Å². The maximum Gasteiger partial charge on any atom is 0.252 e. The molecule has 2 N–H and O–H groups in total. The van der Waals surface area contributed by atoms with E-state index in [9.17, 15) is 4.79 Å². The lowest BCUT2D eigenvalue weighted by atomic mass is 10.3. The molecule has 92 valence electrons. The lowest BCUT2D eigenvalue weighted by Crippen LogP contribution is -2.10. The van der Waals surface area contributed by atoms with E-state index in [0.717, 1.165) is 5.69 Å². The fourth-order valence-corrected chi connectivity index (χ4v) is 1.75. The van der Waals surface area contributed by atoms with Crippen molar-refractivity contribution in [3.8, 4) is 11.5 Å². The van der Waals surface area contributed by atoms with Gasteiger partial charge in [-0.1, -0.05) is 0 Å². The van der Waals surface area contributed by atoms with Crippen molar-refractivity contribution >= 4 is 11.6 Å².